The minimum absolute atomic E-state index is 0.169. The van der Waals surface area contributed by atoms with Gasteiger partial charge in [-0.2, -0.15) is 0 Å². The SMILES string of the molecule is CCC(Oc1ccccc1OC)C(=O)Nc1ccccc1I. The van der Waals surface area contributed by atoms with Crippen molar-refractivity contribution in [3.63, 3.8) is 0 Å². The first-order valence-corrected chi connectivity index (χ1v) is 8.08. The number of carbonyl (C=O) groups excluding carboxylic acids is 1. The number of ether oxygens (including phenoxy) is 2. The fourth-order valence-corrected chi connectivity index (χ4v) is 2.49. The molecule has 0 fully saturated rings. The molecule has 2 aromatic rings. The Balaban J connectivity index is 2.11. The molecule has 116 valence electrons. The van der Waals surface area contributed by atoms with Crippen molar-refractivity contribution in [3.05, 3.63) is 52.1 Å². The Hall–Kier alpha value is -1.76. The maximum atomic E-state index is 12.4. The standard InChI is InChI=1S/C17H18INO3/c1-3-14(22-16-11-7-6-10-15(16)21-2)17(20)19-13-9-5-4-8-12(13)18/h4-11,14H,3H2,1-2H3,(H,19,20). The Labute approximate surface area is 144 Å². The predicted octanol–water partition coefficient (Wildman–Crippen LogP) is 4.10. The average Bonchev–Trinajstić information content (AvgIpc) is 2.55. The molecule has 0 aliphatic carbocycles. The summed E-state index contributed by atoms with van der Waals surface area (Å²) >= 11 is 2.19. The van der Waals surface area contributed by atoms with Gasteiger partial charge in [-0.05, 0) is 53.3 Å². The van der Waals surface area contributed by atoms with Crippen LogP contribution in [0.1, 0.15) is 13.3 Å². The average molecular weight is 411 g/mol. The van der Waals surface area contributed by atoms with Crippen molar-refractivity contribution in [1.29, 1.82) is 0 Å². The van der Waals surface area contributed by atoms with E-state index in [1.807, 2.05) is 43.3 Å². The molecule has 1 amide bonds. The van der Waals surface area contributed by atoms with Crippen molar-refractivity contribution in [2.24, 2.45) is 0 Å². The summed E-state index contributed by atoms with van der Waals surface area (Å²) in [5.41, 5.74) is 0.787. The molecule has 4 nitrogen and oxygen atoms in total. The zero-order valence-electron chi connectivity index (χ0n) is 12.5. The summed E-state index contributed by atoms with van der Waals surface area (Å²) in [5, 5.41) is 2.91. The van der Waals surface area contributed by atoms with Gasteiger partial charge in [-0.15, -0.1) is 0 Å². The molecule has 5 heteroatoms. The van der Waals surface area contributed by atoms with E-state index in [4.69, 9.17) is 9.47 Å². The van der Waals surface area contributed by atoms with Crippen LogP contribution in [0.2, 0.25) is 0 Å². The quantitative estimate of drug-likeness (QED) is 0.729. The maximum Gasteiger partial charge on any atom is 0.265 e. The van der Waals surface area contributed by atoms with Crippen molar-refractivity contribution in [2.75, 3.05) is 12.4 Å². The summed E-state index contributed by atoms with van der Waals surface area (Å²) in [6.45, 7) is 1.91. The normalized spacial score (nSPS) is 11.6. The smallest absolute Gasteiger partial charge is 0.265 e. The highest BCUT2D eigenvalue weighted by molar-refractivity contribution is 14.1. The lowest BCUT2D eigenvalue weighted by Crippen LogP contribution is -2.32. The number of hydrogen-bond acceptors (Lipinski definition) is 3. The Morgan fingerprint density at radius 3 is 2.41 bits per heavy atom. The molecule has 2 rings (SSSR count). The van der Waals surface area contributed by atoms with Crippen LogP contribution in [0.5, 0.6) is 11.5 Å². The van der Waals surface area contributed by atoms with Crippen LogP contribution in [0.25, 0.3) is 0 Å². The fourth-order valence-electron chi connectivity index (χ4n) is 1.97. The first-order chi connectivity index (χ1) is 10.7. The van der Waals surface area contributed by atoms with E-state index in [0.717, 1.165) is 9.26 Å². The fraction of sp³-hybridized carbons (Fsp3) is 0.235. The van der Waals surface area contributed by atoms with Crippen LogP contribution in [0.4, 0.5) is 5.69 Å². The van der Waals surface area contributed by atoms with Gasteiger partial charge in [0.25, 0.3) is 5.91 Å². The molecular formula is C17H18INO3. The molecule has 1 N–H and O–H groups in total. The van der Waals surface area contributed by atoms with Crippen LogP contribution >= 0.6 is 22.6 Å². The van der Waals surface area contributed by atoms with E-state index < -0.39 is 6.10 Å². The molecule has 0 aliphatic heterocycles. The number of rotatable bonds is 6. The molecule has 0 saturated carbocycles. The van der Waals surface area contributed by atoms with E-state index in [9.17, 15) is 4.79 Å². The largest absolute Gasteiger partial charge is 0.493 e. The maximum absolute atomic E-state index is 12.4. The molecule has 0 heterocycles. The van der Waals surface area contributed by atoms with E-state index >= 15 is 0 Å². The summed E-state index contributed by atoms with van der Waals surface area (Å²) in [4.78, 5) is 12.4. The summed E-state index contributed by atoms with van der Waals surface area (Å²) in [6.07, 6.45) is -0.0138. The van der Waals surface area contributed by atoms with Gasteiger partial charge in [0.2, 0.25) is 0 Å². The van der Waals surface area contributed by atoms with Crippen LogP contribution < -0.4 is 14.8 Å². The topological polar surface area (TPSA) is 47.6 Å². The Bertz CT molecular complexity index is 645. The van der Waals surface area contributed by atoms with Crippen LogP contribution in [-0.2, 0) is 4.79 Å². The Kier molecular flexibility index (Phi) is 6.06. The minimum atomic E-state index is -0.577. The number of halogens is 1. The molecule has 2 aromatic carbocycles. The molecule has 0 radical (unpaired) electrons. The molecule has 0 saturated heterocycles. The van der Waals surface area contributed by atoms with E-state index in [-0.39, 0.29) is 5.91 Å². The zero-order valence-corrected chi connectivity index (χ0v) is 14.7. The van der Waals surface area contributed by atoms with Gasteiger partial charge in [-0.1, -0.05) is 31.2 Å². The molecule has 0 spiro atoms. The first-order valence-electron chi connectivity index (χ1n) is 7.00. The Morgan fingerprint density at radius 1 is 1.14 bits per heavy atom. The van der Waals surface area contributed by atoms with E-state index in [1.165, 1.54) is 0 Å². The van der Waals surface area contributed by atoms with Crippen LogP contribution in [0.3, 0.4) is 0 Å². The van der Waals surface area contributed by atoms with Gasteiger partial charge < -0.3 is 14.8 Å². The van der Waals surface area contributed by atoms with Gasteiger partial charge in [0, 0.05) is 3.57 Å². The third-order valence-corrected chi connectivity index (χ3v) is 4.07. The molecule has 1 atom stereocenters. The lowest BCUT2D eigenvalue weighted by atomic mass is 10.2. The highest BCUT2D eigenvalue weighted by Crippen LogP contribution is 2.27. The number of carbonyl (C=O) groups is 1. The second-order valence-corrected chi connectivity index (χ2v) is 5.80. The highest BCUT2D eigenvalue weighted by atomic mass is 127. The summed E-state index contributed by atoms with van der Waals surface area (Å²) in [5.74, 6) is 1.01. The van der Waals surface area contributed by atoms with Crippen LogP contribution in [-0.4, -0.2) is 19.1 Å². The summed E-state index contributed by atoms with van der Waals surface area (Å²) in [7, 11) is 1.58. The predicted molar refractivity (Wildman–Crippen MR) is 95.5 cm³/mol. The number of benzene rings is 2. The number of nitrogens with one attached hydrogen (secondary N) is 1. The van der Waals surface area contributed by atoms with Gasteiger partial charge >= 0.3 is 0 Å². The third kappa shape index (κ3) is 4.13. The molecule has 1 unspecified atom stereocenters. The number of hydrogen-bond donors (Lipinski definition) is 1. The van der Waals surface area contributed by atoms with Crippen LogP contribution in [0.15, 0.2) is 48.5 Å². The van der Waals surface area contributed by atoms with Crippen molar-refractivity contribution in [3.8, 4) is 11.5 Å². The second kappa shape index (κ2) is 8.03. The minimum Gasteiger partial charge on any atom is -0.493 e. The molecular weight excluding hydrogens is 393 g/mol. The van der Waals surface area contributed by atoms with Crippen LogP contribution in [0, 0.1) is 3.57 Å². The van der Waals surface area contributed by atoms with Gasteiger partial charge in [-0.25, -0.2) is 0 Å². The van der Waals surface area contributed by atoms with Gasteiger partial charge in [0.05, 0.1) is 12.8 Å². The molecule has 22 heavy (non-hydrogen) atoms. The molecule has 0 aromatic heterocycles. The summed E-state index contributed by atoms with van der Waals surface area (Å²) < 4.78 is 12.1. The van der Waals surface area contributed by atoms with Gasteiger partial charge in [0.15, 0.2) is 17.6 Å². The van der Waals surface area contributed by atoms with E-state index in [2.05, 4.69) is 27.9 Å². The molecule has 0 aliphatic rings. The number of para-hydroxylation sites is 3. The first kappa shape index (κ1) is 16.6. The van der Waals surface area contributed by atoms with Crippen molar-refractivity contribution < 1.29 is 14.3 Å². The molecule has 0 bridgehead atoms. The Morgan fingerprint density at radius 2 is 1.77 bits per heavy atom. The second-order valence-electron chi connectivity index (χ2n) is 4.63. The van der Waals surface area contributed by atoms with Gasteiger partial charge in [-0.3, -0.25) is 4.79 Å². The lowest BCUT2D eigenvalue weighted by Gasteiger charge is -2.19. The van der Waals surface area contributed by atoms with E-state index in [0.29, 0.717) is 17.9 Å². The lowest BCUT2D eigenvalue weighted by molar-refractivity contribution is -0.122. The van der Waals surface area contributed by atoms with E-state index in [1.54, 1.807) is 19.2 Å². The van der Waals surface area contributed by atoms with Crippen molar-refractivity contribution >= 4 is 34.2 Å². The number of anilines is 1. The highest BCUT2D eigenvalue weighted by Gasteiger charge is 2.20. The van der Waals surface area contributed by atoms with Gasteiger partial charge in [0.1, 0.15) is 0 Å². The van der Waals surface area contributed by atoms with Crippen molar-refractivity contribution in [2.45, 2.75) is 19.4 Å². The number of methoxy groups -OCH3 is 1. The zero-order chi connectivity index (χ0) is 15.9. The summed E-state index contributed by atoms with van der Waals surface area (Å²) in [6, 6.07) is 14.9. The van der Waals surface area contributed by atoms with Crippen molar-refractivity contribution in [1.82, 2.24) is 0 Å². The third-order valence-electron chi connectivity index (χ3n) is 3.13. The monoisotopic (exact) mass is 411 g/mol. The number of amides is 1.